The van der Waals surface area contributed by atoms with E-state index in [9.17, 15) is 18.0 Å². The lowest BCUT2D eigenvalue weighted by Gasteiger charge is -2.27. The molecule has 1 saturated heterocycles. The van der Waals surface area contributed by atoms with E-state index in [0.29, 0.717) is 29.0 Å². The number of fused-ring (bicyclic) bond motifs is 1. The summed E-state index contributed by atoms with van der Waals surface area (Å²) in [6, 6.07) is 11.2. The Morgan fingerprint density at radius 1 is 1.09 bits per heavy atom. The third kappa shape index (κ3) is 7.28. The maximum absolute atomic E-state index is 12.7. The molecule has 0 aromatic heterocycles. The summed E-state index contributed by atoms with van der Waals surface area (Å²) in [6.45, 7) is 3.85. The van der Waals surface area contributed by atoms with Crippen molar-refractivity contribution in [2.24, 2.45) is 0 Å². The smallest absolute Gasteiger partial charge is 0.251 e. The highest BCUT2D eigenvalue weighted by molar-refractivity contribution is 9.10. The molecule has 0 spiro atoms. The van der Waals surface area contributed by atoms with Crippen LogP contribution >= 0.6 is 15.9 Å². The molecule has 4 rings (SSSR count). The second-order valence-corrected chi connectivity index (χ2v) is 12.2. The van der Waals surface area contributed by atoms with Crippen LogP contribution in [0.3, 0.4) is 0 Å². The minimum absolute atomic E-state index is 0.151. The van der Waals surface area contributed by atoms with Gasteiger partial charge >= 0.3 is 0 Å². The van der Waals surface area contributed by atoms with Gasteiger partial charge in [0.25, 0.3) is 5.91 Å². The van der Waals surface area contributed by atoms with Crippen LogP contribution < -0.4 is 16.0 Å². The Morgan fingerprint density at radius 3 is 2.66 bits per heavy atom. The summed E-state index contributed by atoms with van der Waals surface area (Å²) in [7, 11) is -3.54. The van der Waals surface area contributed by atoms with Crippen molar-refractivity contribution < 1.29 is 18.0 Å². The standard InChI is InChI=1S/C25H31BrN4O4S/c26-20-7-4-6-18(14-20)16-35(33,34)17-23-25(32)29-22-15-19(8-9-21(22)28-23)24(31)27-10-5-13-30-11-2-1-3-12-30/h4,6-9,14-15,23,28H,1-3,5,10-13,16-17H2,(H,27,31)(H,29,32)/t23-/m0/s1. The number of sulfone groups is 1. The molecular weight excluding hydrogens is 532 g/mol. The number of amides is 2. The normalized spacial score (nSPS) is 18.3. The summed E-state index contributed by atoms with van der Waals surface area (Å²) < 4.78 is 26.2. The van der Waals surface area contributed by atoms with Crippen LogP contribution in [0.25, 0.3) is 0 Å². The number of rotatable bonds is 9. The Hall–Kier alpha value is -2.43. The van der Waals surface area contributed by atoms with E-state index < -0.39 is 21.8 Å². The first-order valence-corrected chi connectivity index (χ1v) is 14.6. The zero-order valence-corrected chi connectivity index (χ0v) is 22.0. The number of anilines is 2. The number of carbonyl (C=O) groups excluding carboxylic acids is 2. The van der Waals surface area contributed by atoms with Gasteiger partial charge in [0, 0.05) is 16.6 Å². The summed E-state index contributed by atoms with van der Waals surface area (Å²) in [6.07, 6.45) is 4.70. The zero-order chi connectivity index (χ0) is 24.8. The number of benzene rings is 2. The van der Waals surface area contributed by atoms with Crippen LogP contribution in [0.5, 0.6) is 0 Å². The first kappa shape index (κ1) is 25.7. The maximum Gasteiger partial charge on any atom is 0.251 e. The quantitative estimate of drug-likeness (QED) is 0.404. The third-order valence-electron chi connectivity index (χ3n) is 6.27. The molecule has 10 heteroatoms. The molecule has 0 saturated carbocycles. The summed E-state index contributed by atoms with van der Waals surface area (Å²) in [5.74, 6) is -1.11. The zero-order valence-electron chi connectivity index (χ0n) is 19.6. The molecule has 2 aliphatic heterocycles. The van der Waals surface area contributed by atoms with E-state index >= 15 is 0 Å². The number of hydrogen-bond acceptors (Lipinski definition) is 6. The molecule has 2 aliphatic rings. The fourth-order valence-corrected chi connectivity index (χ4v) is 6.48. The number of likely N-dealkylation sites (tertiary alicyclic amines) is 1. The second-order valence-electron chi connectivity index (χ2n) is 9.14. The monoisotopic (exact) mass is 562 g/mol. The Kier molecular flexibility index (Phi) is 8.46. The van der Waals surface area contributed by atoms with Gasteiger partial charge in [-0.05, 0) is 74.8 Å². The summed E-state index contributed by atoms with van der Waals surface area (Å²) in [5, 5.41) is 8.71. The number of carbonyl (C=O) groups is 2. The minimum Gasteiger partial charge on any atom is -0.371 e. The average Bonchev–Trinajstić information content (AvgIpc) is 2.82. The van der Waals surface area contributed by atoms with E-state index in [4.69, 9.17) is 0 Å². The molecule has 188 valence electrons. The molecule has 2 amide bonds. The van der Waals surface area contributed by atoms with Crippen LogP contribution in [0, 0.1) is 0 Å². The number of halogens is 1. The summed E-state index contributed by atoms with van der Waals surface area (Å²) >= 11 is 3.34. The van der Waals surface area contributed by atoms with Crippen LogP contribution in [0.15, 0.2) is 46.9 Å². The van der Waals surface area contributed by atoms with Gasteiger partial charge in [-0.15, -0.1) is 0 Å². The van der Waals surface area contributed by atoms with Gasteiger partial charge in [-0.2, -0.15) is 0 Å². The van der Waals surface area contributed by atoms with E-state index in [0.717, 1.165) is 30.5 Å². The van der Waals surface area contributed by atoms with Gasteiger partial charge in [-0.25, -0.2) is 8.42 Å². The van der Waals surface area contributed by atoms with Gasteiger partial charge in [0.1, 0.15) is 6.04 Å². The van der Waals surface area contributed by atoms with Crippen LogP contribution in [-0.4, -0.2) is 63.1 Å². The van der Waals surface area contributed by atoms with Crippen molar-refractivity contribution in [3.8, 4) is 0 Å². The number of piperidine rings is 1. The van der Waals surface area contributed by atoms with Crippen molar-refractivity contribution in [1.29, 1.82) is 0 Å². The fourth-order valence-electron chi connectivity index (χ4n) is 4.49. The van der Waals surface area contributed by atoms with Crippen LogP contribution in [-0.2, 0) is 20.4 Å². The van der Waals surface area contributed by atoms with Crippen molar-refractivity contribution in [3.05, 3.63) is 58.1 Å². The molecular formula is C25H31BrN4O4S. The van der Waals surface area contributed by atoms with Gasteiger partial charge in [0.2, 0.25) is 5.91 Å². The lowest BCUT2D eigenvalue weighted by Crippen LogP contribution is -2.43. The Bertz CT molecular complexity index is 1180. The summed E-state index contributed by atoms with van der Waals surface area (Å²) in [4.78, 5) is 27.6. The van der Waals surface area contributed by atoms with Crippen molar-refractivity contribution in [3.63, 3.8) is 0 Å². The summed E-state index contributed by atoms with van der Waals surface area (Å²) in [5.41, 5.74) is 2.16. The average molecular weight is 564 g/mol. The number of nitrogens with zero attached hydrogens (tertiary/aromatic N) is 1. The molecule has 8 nitrogen and oxygen atoms in total. The topological polar surface area (TPSA) is 108 Å². The predicted molar refractivity (Wildman–Crippen MR) is 141 cm³/mol. The van der Waals surface area contributed by atoms with Gasteiger partial charge < -0.3 is 20.9 Å². The van der Waals surface area contributed by atoms with E-state index in [1.807, 2.05) is 6.07 Å². The van der Waals surface area contributed by atoms with Crippen LogP contribution in [0.2, 0.25) is 0 Å². The SMILES string of the molecule is O=C(NCCCN1CCCCC1)c1ccc2c(c1)NC(=O)[C@H](CS(=O)(=O)Cc1cccc(Br)c1)N2. The molecule has 0 aliphatic carbocycles. The van der Waals surface area contributed by atoms with Gasteiger partial charge in [-0.1, -0.05) is 34.5 Å². The fraction of sp³-hybridized carbons (Fsp3) is 0.440. The van der Waals surface area contributed by atoms with Crippen molar-refractivity contribution >= 4 is 49.0 Å². The van der Waals surface area contributed by atoms with Crippen molar-refractivity contribution in [1.82, 2.24) is 10.2 Å². The Balaban J connectivity index is 1.31. The molecule has 3 N–H and O–H groups in total. The first-order valence-electron chi connectivity index (χ1n) is 12.0. The van der Waals surface area contributed by atoms with E-state index in [1.165, 1.54) is 19.3 Å². The molecule has 1 atom stereocenters. The molecule has 2 aromatic carbocycles. The minimum atomic E-state index is -3.54. The van der Waals surface area contributed by atoms with Gasteiger partial charge in [0.15, 0.2) is 9.84 Å². The van der Waals surface area contributed by atoms with Gasteiger partial charge in [-0.3, -0.25) is 9.59 Å². The number of nitrogens with one attached hydrogen (secondary N) is 3. The molecule has 0 radical (unpaired) electrons. The van der Waals surface area contributed by atoms with Gasteiger partial charge in [0.05, 0.1) is 22.9 Å². The Morgan fingerprint density at radius 2 is 1.89 bits per heavy atom. The molecule has 0 unspecified atom stereocenters. The predicted octanol–water partition coefficient (Wildman–Crippen LogP) is 3.40. The highest BCUT2D eigenvalue weighted by atomic mass is 79.9. The molecule has 0 bridgehead atoms. The van der Waals surface area contributed by atoms with Crippen molar-refractivity contribution in [2.75, 3.05) is 42.6 Å². The third-order valence-corrected chi connectivity index (χ3v) is 8.38. The lowest BCUT2D eigenvalue weighted by molar-refractivity contribution is -0.116. The van der Waals surface area contributed by atoms with E-state index in [2.05, 4.69) is 36.8 Å². The Labute approximate surface area is 214 Å². The first-order chi connectivity index (χ1) is 16.8. The largest absolute Gasteiger partial charge is 0.371 e. The molecule has 35 heavy (non-hydrogen) atoms. The van der Waals surface area contributed by atoms with E-state index in [-0.39, 0.29) is 17.4 Å². The highest BCUT2D eigenvalue weighted by Gasteiger charge is 2.30. The van der Waals surface area contributed by atoms with Crippen LogP contribution in [0.1, 0.15) is 41.6 Å². The molecule has 2 heterocycles. The van der Waals surface area contributed by atoms with Crippen molar-refractivity contribution in [2.45, 2.75) is 37.5 Å². The highest BCUT2D eigenvalue weighted by Crippen LogP contribution is 2.28. The number of hydrogen-bond donors (Lipinski definition) is 3. The second kappa shape index (κ2) is 11.5. The molecule has 2 aromatic rings. The van der Waals surface area contributed by atoms with Crippen LogP contribution in [0.4, 0.5) is 11.4 Å². The maximum atomic E-state index is 12.7. The molecule has 1 fully saturated rings. The lowest BCUT2D eigenvalue weighted by atomic mass is 10.1. The van der Waals surface area contributed by atoms with E-state index in [1.54, 1.807) is 36.4 Å².